The monoisotopic (exact) mass is 299 g/mol. The lowest BCUT2D eigenvalue weighted by atomic mass is 10.1. The number of nitrogens with zero attached hydrogens (tertiary/aromatic N) is 4. The summed E-state index contributed by atoms with van der Waals surface area (Å²) in [6.07, 6.45) is 7.62. The molecule has 0 bridgehead atoms. The number of H-pyrrole nitrogens is 1. The quantitative estimate of drug-likeness (QED) is 0.828. The largest absolute Gasteiger partial charge is 0.476 e. The molecule has 0 spiro atoms. The highest BCUT2D eigenvalue weighted by Gasteiger charge is 2.17. The van der Waals surface area contributed by atoms with Gasteiger partial charge in [-0.2, -0.15) is 0 Å². The third-order valence-electron chi connectivity index (χ3n) is 3.32. The van der Waals surface area contributed by atoms with E-state index in [1.54, 1.807) is 0 Å². The van der Waals surface area contributed by atoms with Crippen molar-refractivity contribution in [1.29, 1.82) is 0 Å². The molecule has 112 valence electrons. The van der Waals surface area contributed by atoms with Gasteiger partial charge in [-0.3, -0.25) is 0 Å². The van der Waals surface area contributed by atoms with Gasteiger partial charge < -0.3 is 9.84 Å². The molecule has 0 aliphatic heterocycles. The van der Waals surface area contributed by atoms with E-state index in [0.717, 1.165) is 12.8 Å². The number of rotatable bonds is 3. The maximum absolute atomic E-state index is 10.9. The molecule has 0 aromatic carbocycles. The third-order valence-corrected chi connectivity index (χ3v) is 3.32. The number of ether oxygens (including phenoxy) is 1. The van der Waals surface area contributed by atoms with E-state index in [0.29, 0.717) is 11.6 Å². The Morgan fingerprint density at radius 1 is 1.32 bits per heavy atom. The van der Waals surface area contributed by atoms with Crippen LogP contribution in [0.25, 0.3) is 0 Å². The zero-order valence-corrected chi connectivity index (χ0v) is 11.6. The molecule has 0 radical (unpaired) electrons. The lowest BCUT2D eigenvalue weighted by Crippen LogP contribution is -2.00. The molecule has 8 heteroatoms. The molecular formula is C14H13N5O3. The molecule has 0 atom stereocenters. The van der Waals surface area contributed by atoms with Gasteiger partial charge in [0.1, 0.15) is 5.69 Å². The molecule has 2 N–H and O–H groups in total. The fourth-order valence-electron chi connectivity index (χ4n) is 2.21. The predicted molar refractivity (Wildman–Crippen MR) is 74.3 cm³/mol. The normalized spacial score (nSPS) is 14.4. The molecule has 1 aliphatic carbocycles. The standard InChI is InChI=1S/C14H13N5O3/c20-14(21)12-13(18-19-17-12)22-11-8-15-10(7-16-11)6-5-9-3-1-2-4-9/h7-9H,1-4H2,(H,20,21)(H,17,18,19). The molecule has 2 aromatic heterocycles. The van der Waals surface area contributed by atoms with Gasteiger partial charge in [0.05, 0.1) is 12.4 Å². The van der Waals surface area contributed by atoms with Crippen molar-refractivity contribution in [3.05, 3.63) is 23.8 Å². The zero-order chi connectivity index (χ0) is 15.4. The summed E-state index contributed by atoms with van der Waals surface area (Å²) in [5.74, 6) is 5.38. The summed E-state index contributed by atoms with van der Waals surface area (Å²) in [4.78, 5) is 19.1. The molecule has 0 unspecified atom stereocenters. The lowest BCUT2D eigenvalue weighted by molar-refractivity contribution is 0.0687. The van der Waals surface area contributed by atoms with Gasteiger partial charge in [0, 0.05) is 5.92 Å². The van der Waals surface area contributed by atoms with E-state index in [4.69, 9.17) is 9.84 Å². The Kier molecular flexibility index (Phi) is 3.96. The van der Waals surface area contributed by atoms with Gasteiger partial charge in [-0.05, 0) is 18.8 Å². The number of hydrogen-bond acceptors (Lipinski definition) is 6. The third kappa shape index (κ3) is 3.20. The topological polar surface area (TPSA) is 114 Å². The summed E-state index contributed by atoms with van der Waals surface area (Å²) >= 11 is 0. The number of carbonyl (C=O) groups is 1. The molecular weight excluding hydrogens is 286 g/mol. The lowest BCUT2D eigenvalue weighted by Gasteiger charge is -2.00. The Hall–Kier alpha value is -2.95. The minimum absolute atomic E-state index is 0.128. The van der Waals surface area contributed by atoms with Crippen LogP contribution in [0.4, 0.5) is 0 Å². The summed E-state index contributed by atoms with van der Waals surface area (Å²) < 4.78 is 5.24. The molecule has 0 amide bonds. The molecule has 0 saturated heterocycles. The first kappa shape index (κ1) is 14.0. The SMILES string of the molecule is O=C(O)c1[nH]nnc1Oc1cnc(C#CC2CCCC2)cn1. The fourth-order valence-corrected chi connectivity index (χ4v) is 2.21. The Morgan fingerprint density at radius 3 is 2.82 bits per heavy atom. The van der Waals surface area contributed by atoms with Crippen molar-refractivity contribution < 1.29 is 14.6 Å². The maximum Gasteiger partial charge on any atom is 0.359 e. The van der Waals surface area contributed by atoms with Gasteiger partial charge in [0.2, 0.25) is 11.6 Å². The number of carboxylic acid groups (broad SMARTS) is 1. The van der Waals surface area contributed by atoms with Crippen molar-refractivity contribution in [2.24, 2.45) is 5.92 Å². The van der Waals surface area contributed by atoms with Crippen LogP contribution in [-0.2, 0) is 0 Å². The maximum atomic E-state index is 10.9. The second-order valence-electron chi connectivity index (χ2n) is 4.89. The summed E-state index contributed by atoms with van der Waals surface area (Å²) in [7, 11) is 0. The first-order valence-electron chi connectivity index (χ1n) is 6.88. The van der Waals surface area contributed by atoms with Crippen LogP contribution in [0.15, 0.2) is 12.4 Å². The number of hydrogen-bond donors (Lipinski definition) is 2. The molecule has 3 rings (SSSR count). The highest BCUT2D eigenvalue weighted by molar-refractivity contribution is 5.87. The summed E-state index contributed by atoms with van der Waals surface area (Å²) in [6.45, 7) is 0. The summed E-state index contributed by atoms with van der Waals surface area (Å²) in [5, 5.41) is 18.1. The van der Waals surface area contributed by atoms with Gasteiger partial charge in [0.25, 0.3) is 5.88 Å². The van der Waals surface area contributed by atoms with Crippen molar-refractivity contribution >= 4 is 5.97 Å². The number of aromatic carboxylic acids is 1. The van der Waals surface area contributed by atoms with Gasteiger partial charge >= 0.3 is 5.97 Å². The van der Waals surface area contributed by atoms with E-state index in [1.165, 1.54) is 25.2 Å². The highest BCUT2D eigenvalue weighted by Crippen LogP contribution is 2.23. The van der Waals surface area contributed by atoms with Crippen molar-refractivity contribution in [1.82, 2.24) is 25.4 Å². The van der Waals surface area contributed by atoms with E-state index in [9.17, 15) is 4.79 Å². The zero-order valence-electron chi connectivity index (χ0n) is 11.6. The van der Waals surface area contributed by atoms with Crippen molar-refractivity contribution in [2.75, 3.05) is 0 Å². The minimum atomic E-state index is -1.22. The van der Waals surface area contributed by atoms with Crippen LogP contribution >= 0.6 is 0 Å². The molecule has 1 saturated carbocycles. The number of aromatic amines is 1. The Morgan fingerprint density at radius 2 is 2.14 bits per heavy atom. The van der Waals surface area contributed by atoms with Gasteiger partial charge in [-0.25, -0.2) is 19.9 Å². The number of aromatic nitrogens is 5. The van der Waals surface area contributed by atoms with Crippen molar-refractivity contribution in [3.63, 3.8) is 0 Å². The van der Waals surface area contributed by atoms with Crippen LogP contribution < -0.4 is 4.74 Å². The molecule has 2 heterocycles. The Balaban J connectivity index is 1.68. The smallest absolute Gasteiger partial charge is 0.359 e. The van der Waals surface area contributed by atoms with Crippen LogP contribution in [0, 0.1) is 17.8 Å². The highest BCUT2D eigenvalue weighted by atomic mass is 16.5. The van der Waals surface area contributed by atoms with Crippen LogP contribution in [0.3, 0.4) is 0 Å². The van der Waals surface area contributed by atoms with Gasteiger partial charge in [-0.1, -0.05) is 29.1 Å². The molecule has 1 fully saturated rings. The van der Waals surface area contributed by atoms with Gasteiger partial charge in [-0.15, -0.1) is 0 Å². The number of carboxylic acids is 1. The molecule has 2 aromatic rings. The van der Waals surface area contributed by atoms with Crippen molar-refractivity contribution in [3.8, 4) is 23.6 Å². The first-order chi connectivity index (χ1) is 10.7. The summed E-state index contributed by atoms with van der Waals surface area (Å²) in [5.41, 5.74) is 0.310. The second-order valence-corrected chi connectivity index (χ2v) is 4.89. The van der Waals surface area contributed by atoms with Crippen LogP contribution in [-0.4, -0.2) is 36.5 Å². The minimum Gasteiger partial charge on any atom is -0.476 e. The molecule has 1 aliphatic rings. The van der Waals surface area contributed by atoms with Crippen LogP contribution in [0.5, 0.6) is 11.8 Å². The van der Waals surface area contributed by atoms with E-state index in [1.807, 2.05) is 0 Å². The molecule has 22 heavy (non-hydrogen) atoms. The average molecular weight is 299 g/mol. The van der Waals surface area contributed by atoms with Gasteiger partial charge in [0.15, 0.2) is 0 Å². The van der Waals surface area contributed by atoms with E-state index in [-0.39, 0.29) is 17.5 Å². The van der Waals surface area contributed by atoms with E-state index < -0.39 is 5.97 Å². The van der Waals surface area contributed by atoms with E-state index >= 15 is 0 Å². The second kappa shape index (κ2) is 6.22. The summed E-state index contributed by atoms with van der Waals surface area (Å²) in [6, 6.07) is 0. The number of nitrogens with one attached hydrogen (secondary N) is 1. The molecule has 8 nitrogen and oxygen atoms in total. The van der Waals surface area contributed by atoms with Crippen LogP contribution in [0.2, 0.25) is 0 Å². The average Bonchev–Trinajstić information content (AvgIpc) is 3.17. The predicted octanol–water partition coefficient (Wildman–Crippen LogP) is 1.63. The van der Waals surface area contributed by atoms with Crippen molar-refractivity contribution in [2.45, 2.75) is 25.7 Å². The van der Waals surface area contributed by atoms with Crippen LogP contribution in [0.1, 0.15) is 41.9 Å². The Bertz CT molecular complexity index is 723. The first-order valence-corrected chi connectivity index (χ1v) is 6.88. The Labute approximate surface area is 125 Å². The fraction of sp³-hybridized carbons (Fsp3) is 0.357. The van der Waals surface area contributed by atoms with E-state index in [2.05, 4.69) is 37.2 Å².